The summed E-state index contributed by atoms with van der Waals surface area (Å²) in [4.78, 5) is 0. The van der Waals surface area contributed by atoms with Gasteiger partial charge in [-0.05, 0) is 25.2 Å². The van der Waals surface area contributed by atoms with Gasteiger partial charge in [0.25, 0.3) is 0 Å². The van der Waals surface area contributed by atoms with Crippen LogP contribution in [-0.4, -0.2) is 11.7 Å². The first-order valence-corrected chi connectivity index (χ1v) is 11.5. The highest BCUT2D eigenvalue weighted by atomic mass is 16.3. The van der Waals surface area contributed by atoms with Crippen LogP contribution in [0.3, 0.4) is 0 Å². The van der Waals surface area contributed by atoms with Gasteiger partial charge in [-0.3, -0.25) is 0 Å². The fraction of sp³-hybridized carbons (Fsp3) is 0.917. The molecule has 0 aliphatic carbocycles. The molecular formula is C24H48O. The number of unbranched alkanes of at least 4 members (excludes halogenated alkanes) is 14. The van der Waals surface area contributed by atoms with Crippen LogP contribution in [0.4, 0.5) is 0 Å². The first-order chi connectivity index (χ1) is 12.2. The van der Waals surface area contributed by atoms with E-state index >= 15 is 0 Å². The van der Waals surface area contributed by atoms with Gasteiger partial charge in [0.15, 0.2) is 0 Å². The molecule has 0 saturated heterocycles. The molecular weight excluding hydrogens is 304 g/mol. The standard InChI is InChI=1S/C24H48O/c1-4-6-7-8-9-10-11-12-13-14-15-16-17-18-19-20-23(3)21-24(5-2)22-25/h24-25H,3-22H2,1-2H3. The Morgan fingerprint density at radius 2 is 1.08 bits per heavy atom. The zero-order chi connectivity index (χ0) is 18.6. The van der Waals surface area contributed by atoms with Gasteiger partial charge in [-0.15, -0.1) is 0 Å². The molecule has 0 radical (unpaired) electrons. The Balaban J connectivity index is 3.17. The molecule has 0 spiro atoms. The highest BCUT2D eigenvalue weighted by Crippen LogP contribution is 2.19. The summed E-state index contributed by atoms with van der Waals surface area (Å²) in [6.45, 7) is 8.94. The third kappa shape index (κ3) is 18.3. The Kier molecular flexibility index (Phi) is 19.8. The molecule has 0 rings (SSSR count). The quantitative estimate of drug-likeness (QED) is 0.173. The van der Waals surface area contributed by atoms with Crippen molar-refractivity contribution in [2.75, 3.05) is 6.61 Å². The van der Waals surface area contributed by atoms with E-state index in [1.807, 2.05) is 0 Å². The highest BCUT2D eigenvalue weighted by molar-refractivity contribution is 4.95. The number of hydrogen-bond acceptors (Lipinski definition) is 1. The van der Waals surface area contributed by atoms with Crippen molar-refractivity contribution < 1.29 is 5.11 Å². The number of aliphatic hydroxyl groups is 1. The number of aliphatic hydroxyl groups excluding tert-OH is 1. The second-order valence-electron chi connectivity index (χ2n) is 8.11. The van der Waals surface area contributed by atoms with Crippen LogP contribution < -0.4 is 0 Å². The molecule has 0 saturated carbocycles. The van der Waals surface area contributed by atoms with Crippen molar-refractivity contribution >= 4 is 0 Å². The maximum atomic E-state index is 9.24. The van der Waals surface area contributed by atoms with Gasteiger partial charge in [0, 0.05) is 6.61 Å². The smallest absolute Gasteiger partial charge is 0.0462 e. The van der Waals surface area contributed by atoms with Gasteiger partial charge in [0.2, 0.25) is 0 Å². The average molecular weight is 353 g/mol. The molecule has 25 heavy (non-hydrogen) atoms. The summed E-state index contributed by atoms with van der Waals surface area (Å²) >= 11 is 0. The zero-order valence-electron chi connectivity index (χ0n) is 17.7. The second kappa shape index (κ2) is 20.0. The van der Waals surface area contributed by atoms with E-state index in [0.717, 1.165) is 19.3 Å². The molecule has 0 aliphatic rings. The molecule has 0 aliphatic heterocycles. The Bertz CT molecular complexity index is 267. The normalized spacial score (nSPS) is 12.4. The lowest BCUT2D eigenvalue weighted by molar-refractivity contribution is 0.221. The van der Waals surface area contributed by atoms with E-state index in [1.165, 1.54) is 102 Å². The fourth-order valence-corrected chi connectivity index (χ4v) is 3.59. The lowest BCUT2D eigenvalue weighted by atomic mass is 9.95. The molecule has 1 nitrogen and oxygen atoms in total. The Morgan fingerprint density at radius 1 is 0.680 bits per heavy atom. The third-order valence-corrected chi connectivity index (χ3v) is 5.55. The lowest BCUT2D eigenvalue weighted by Crippen LogP contribution is -2.05. The minimum atomic E-state index is 0.314. The largest absolute Gasteiger partial charge is 0.396 e. The molecule has 150 valence electrons. The van der Waals surface area contributed by atoms with Gasteiger partial charge >= 0.3 is 0 Å². The molecule has 1 atom stereocenters. The molecule has 0 aromatic heterocycles. The van der Waals surface area contributed by atoms with Crippen LogP contribution in [0.1, 0.15) is 129 Å². The van der Waals surface area contributed by atoms with Gasteiger partial charge in [0.1, 0.15) is 0 Å². The van der Waals surface area contributed by atoms with Gasteiger partial charge in [0.05, 0.1) is 0 Å². The average Bonchev–Trinajstić information content (AvgIpc) is 2.62. The van der Waals surface area contributed by atoms with E-state index in [-0.39, 0.29) is 0 Å². The lowest BCUT2D eigenvalue weighted by Gasteiger charge is -2.13. The summed E-state index contributed by atoms with van der Waals surface area (Å²) in [5, 5.41) is 9.24. The predicted molar refractivity (Wildman–Crippen MR) is 114 cm³/mol. The summed E-state index contributed by atoms with van der Waals surface area (Å²) in [5.41, 5.74) is 1.34. The van der Waals surface area contributed by atoms with E-state index in [4.69, 9.17) is 0 Å². The van der Waals surface area contributed by atoms with E-state index < -0.39 is 0 Å². The summed E-state index contributed by atoms with van der Waals surface area (Å²) in [5.74, 6) is 0.434. The van der Waals surface area contributed by atoms with Crippen molar-refractivity contribution in [1.82, 2.24) is 0 Å². The van der Waals surface area contributed by atoms with Crippen LogP contribution in [0.15, 0.2) is 12.2 Å². The third-order valence-electron chi connectivity index (χ3n) is 5.55. The molecule has 1 unspecified atom stereocenters. The molecule has 0 bridgehead atoms. The van der Waals surface area contributed by atoms with Crippen molar-refractivity contribution in [2.24, 2.45) is 5.92 Å². The van der Waals surface area contributed by atoms with Crippen LogP contribution in [0.2, 0.25) is 0 Å². The summed E-state index contributed by atoms with van der Waals surface area (Å²) in [6, 6.07) is 0. The minimum absolute atomic E-state index is 0.314. The van der Waals surface area contributed by atoms with Gasteiger partial charge < -0.3 is 5.11 Å². The van der Waals surface area contributed by atoms with Crippen molar-refractivity contribution in [3.8, 4) is 0 Å². The predicted octanol–water partition coefficient (Wildman–Crippen LogP) is 8.21. The molecule has 1 heteroatoms. The van der Waals surface area contributed by atoms with Crippen molar-refractivity contribution in [2.45, 2.75) is 129 Å². The highest BCUT2D eigenvalue weighted by Gasteiger charge is 2.06. The summed E-state index contributed by atoms with van der Waals surface area (Å²) in [7, 11) is 0. The summed E-state index contributed by atoms with van der Waals surface area (Å²) in [6.07, 6.45) is 24.5. The Morgan fingerprint density at radius 3 is 1.44 bits per heavy atom. The zero-order valence-corrected chi connectivity index (χ0v) is 17.7. The fourth-order valence-electron chi connectivity index (χ4n) is 3.59. The van der Waals surface area contributed by atoms with Crippen LogP contribution in [0.5, 0.6) is 0 Å². The number of hydrogen-bond donors (Lipinski definition) is 1. The summed E-state index contributed by atoms with van der Waals surface area (Å²) < 4.78 is 0. The van der Waals surface area contributed by atoms with Gasteiger partial charge in [-0.25, -0.2) is 0 Å². The van der Waals surface area contributed by atoms with E-state index in [9.17, 15) is 5.11 Å². The van der Waals surface area contributed by atoms with Gasteiger partial charge in [-0.2, -0.15) is 0 Å². The van der Waals surface area contributed by atoms with E-state index in [0.29, 0.717) is 12.5 Å². The molecule has 0 aromatic rings. The molecule has 0 heterocycles. The van der Waals surface area contributed by atoms with Crippen LogP contribution >= 0.6 is 0 Å². The van der Waals surface area contributed by atoms with Crippen molar-refractivity contribution in [3.63, 3.8) is 0 Å². The number of allylic oxidation sites excluding steroid dienone is 1. The first kappa shape index (κ1) is 24.7. The molecule has 0 amide bonds. The topological polar surface area (TPSA) is 20.2 Å². The van der Waals surface area contributed by atoms with Crippen molar-refractivity contribution in [3.05, 3.63) is 12.2 Å². The van der Waals surface area contributed by atoms with Gasteiger partial charge in [-0.1, -0.05) is 122 Å². The van der Waals surface area contributed by atoms with E-state index in [2.05, 4.69) is 20.4 Å². The van der Waals surface area contributed by atoms with Crippen molar-refractivity contribution in [1.29, 1.82) is 0 Å². The molecule has 0 aromatic carbocycles. The maximum Gasteiger partial charge on any atom is 0.0462 e. The van der Waals surface area contributed by atoms with E-state index in [1.54, 1.807) is 0 Å². The first-order valence-electron chi connectivity index (χ1n) is 11.5. The Labute approximate surface area is 159 Å². The molecule has 0 fully saturated rings. The van der Waals surface area contributed by atoms with Crippen LogP contribution in [0, 0.1) is 5.92 Å². The Hall–Kier alpha value is -0.300. The van der Waals surface area contributed by atoms with Crippen LogP contribution in [-0.2, 0) is 0 Å². The SMILES string of the molecule is C=C(CCCCCCCCCCCCCCCCC)CC(CC)CO. The molecule has 1 N–H and O–H groups in total. The van der Waals surface area contributed by atoms with Crippen LogP contribution in [0.25, 0.3) is 0 Å². The number of rotatable bonds is 20. The maximum absolute atomic E-state index is 9.24. The second-order valence-corrected chi connectivity index (χ2v) is 8.11. The monoisotopic (exact) mass is 352 g/mol. The minimum Gasteiger partial charge on any atom is -0.396 e.